The topological polar surface area (TPSA) is 55.9 Å². The van der Waals surface area contributed by atoms with Gasteiger partial charge in [-0.05, 0) is 18.9 Å². The molecule has 5 heteroatoms. The third kappa shape index (κ3) is 2.71. The van der Waals surface area contributed by atoms with Gasteiger partial charge >= 0.3 is 0 Å². The molecule has 1 atom stereocenters. The normalized spacial score (nSPS) is 18.0. The molecule has 1 unspecified atom stereocenters. The summed E-state index contributed by atoms with van der Waals surface area (Å²) in [6.45, 7) is 0. The summed E-state index contributed by atoms with van der Waals surface area (Å²) in [5.41, 5.74) is 1.79. The number of rotatable bonds is 4. The average molecular weight is 260 g/mol. The molecule has 1 aliphatic carbocycles. The Labute approximate surface area is 112 Å². The Hall–Kier alpha value is -1.62. The van der Waals surface area contributed by atoms with Crippen molar-refractivity contribution in [3.05, 3.63) is 35.9 Å². The smallest absolute Gasteiger partial charge is 0.0876 e. The Kier molecular flexibility index (Phi) is 3.38. The van der Waals surface area contributed by atoms with E-state index < -0.39 is 6.10 Å². The molecule has 0 radical (unpaired) electrons. The predicted octanol–water partition coefficient (Wildman–Crippen LogP) is 2.01. The van der Waals surface area contributed by atoms with Crippen molar-refractivity contribution in [2.24, 2.45) is 7.05 Å². The molecule has 0 amide bonds. The van der Waals surface area contributed by atoms with E-state index in [1.165, 1.54) is 25.7 Å². The van der Waals surface area contributed by atoms with E-state index in [0.717, 1.165) is 11.3 Å². The molecule has 0 saturated heterocycles. The molecule has 2 aromatic heterocycles. The molecular formula is C14H20N4O. The second-order valence-corrected chi connectivity index (χ2v) is 5.39. The van der Waals surface area contributed by atoms with Gasteiger partial charge in [-0.15, -0.1) is 0 Å². The van der Waals surface area contributed by atoms with Gasteiger partial charge in [-0.2, -0.15) is 10.2 Å². The van der Waals surface area contributed by atoms with E-state index >= 15 is 0 Å². The van der Waals surface area contributed by atoms with Gasteiger partial charge in [-0.3, -0.25) is 9.36 Å². The molecule has 0 aliphatic heterocycles. The van der Waals surface area contributed by atoms with Crippen molar-refractivity contribution >= 4 is 0 Å². The third-order valence-corrected chi connectivity index (χ3v) is 3.87. The number of aromatic nitrogens is 4. The van der Waals surface area contributed by atoms with Crippen molar-refractivity contribution in [1.29, 1.82) is 0 Å². The third-order valence-electron chi connectivity index (χ3n) is 3.87. The van der Waals surface area contributed by atoms with Crippen molar-refractivity contribution in [3.63, 3.8) is 0 Å². The lowest BCUT2D eigenvalue weighted by Gasteiger charge is -2.09. The summed E-state index contributed by atoms with van der Waals surface area (Å²) in [6.07, 6.45) is 10.7. The maximum atomic E-state index is 10.2. The van der Waals surface area contributed by atoms with Crippen LogP contribution >= 0.6 is 0 Å². The van der Waals surface area contributed by atoms with Gasteiger partial charge in [-0.25, -0.2) is 0 Å². The fraction of sp³-hybridized carbons (Fsp3) is 0.571. The van der Waals surface area contributed by atoms with Crippen LogP contribution in [0.1, 0.15) is 49.1 Å². The standard InChI is InChI=1S/C14H20N4O/c1-17-10-11(9-15-17)14(19)8-12-6-7-18(16-12)13-4-2-3-5-13/h6-7,9-10,13-14,19H,2-5,8H2,1H3. The maximum absolute atomic E-state index is 10.2. The number of nitrogens with zero attached hydrogens (tertiary/aromatic N) is 4. The largest absolute Gasteiger partial charge is 0.388 e. The fourth-order valence-corrected chi connectivity index (χ4v) is 2.79. The second-order valence-electron chi connectivity index (χ2n) is 5.39. The quantitative estimate of drug-likeness (QED) is 0.915. The van der Waals surface area contributed by atoms with Crippen LogP contribution in [0.25, 0.3) is 0 Å². The molecule has 102 valence electrons. The predicted molar refractivity (Wildman–Crippen MR) is 71.6 cm³/mol. The summed E-state index contributed by atoms with van der Waals surface area (Å²) in [4.78, 5) is 0. The highest BCUT2D eigenvalue weighted by Gasteiger charge is 2.18. The molecule has 1 saturated carbocycles. The van der Waals surface area contributed by atoms with Gasteiger partial charge < -0.3 is 5.11 Å². The van der Waals surface area contributed by atoms with Crippen molar-refractivity contribution < 1.29 is 5.11 Å². The first-order valence-electron chi connectivity index (χ1n) is 6.93. The number of aliphatic hydroxyl groups excluding tert-OH is 1. The zero-order valence-electron chi connectivity index (χ0n) is 11.2. The molecule has 1 aliphatic rings. The summed E-state index contributed by atoms with van der Waals surface area (Å²) < 4.78 is 3.77. The Morgan fingerprint density at radius 1 is 1.42 bits per heavy atom. The number of aliphatic hydroxyl groups is 1. The van der Waals surface area contributed by atoms with Gasteiger partial charge in [0.2, 0.25) is 0 Å². The van der Waals surface area contributed by atoms with Crippen LogP contribution in [0.2, 0.25) is 0 Å². The minimum atomic E-state index is -0.527. The van der Waals surface area contributed by atoms with Crippen LogP contribution in [-0.2, 0) is 13.5 Å². The summed E-state index contributed by atoms with van der Waals surface area (Å²) in [5.74, 6) is 0. The first-order chi connectivity index (χ1) is 9.22. The molecule has 1 N–H and O–H groups in total. The van der Waals surface area contributed by atoms with Crippen molar-refractivity contribution in [3.8, 4) is 0 Å². The summed E-state index contributed by atoms with van der Waals surface area (Å²) in [6, 6.07) is 2.57. The van der Waals surface area contributed by atoms with Crippen molar-refractivity contribution in [1.82, 2.24) is 19.6 Å². The van der Waals surface area contributed by atoms with E-state index in [0.29, 0.717) is 12.5 Å². The van der Waals surface area contributed by atoms with Crippen LogP contribution in [0.3, 0.4) is 0 Å². The number of aryl methyl sites for hydroxylation is 1. The second kappa shape index (κ2) is 5.17. The van der Waals surface area contributed by atoms with Gasteiger partial charge in [0.15, 0.2) is 0 Å². The van der Waals surface area contributed by atoms with E-state index in [-0.39, 0.29) is 0 Å². The lowest BCUT2D eigenvalue weighted by atomic mass is 10.1. The Bertz CT molecular complexity index is 539. The molecule has 0 spiro atoms. The van der Waals surface area contributed by atoms with Crippen LogP contribution in [0.15, 0.2) is 24.7 Å². The van der Waals surface area contributed by atoms with Gasteiger partial charge in [0.05, 0.1) is 24.0 Å². The van der Waals surface area contributed by atoms with E-state index in [9.17, 15) is 5.11 Å². The Morgan fingerprint density at radius 3 is 2.89 bits per heavy atom. The molecule has 5 nitrogen and oxygen atoms in total. The Balaban J connectivity index is 1.66. The zero-order valence-corrected chi connectivity index (χ0v) is 11.2. The fourth-order valence-electron chi connectivity index (χ4n) is 2.79. The van der Waals surface area contributed by atoms with Gasteiger partial charge in [0.1, 0.15) is 0 Å². The zero-order chi connectivity index (χ0) is 13.2. The summed E-state index contributed by atoms with van der Waals surface area (Å²) >= 11 is 0. The first kappa shape index (κ1) is 12.4. The molecule has 3 rings (SSSR count). The molecule has 0 bridgehead atoms. The van der Waals surface area contributed by atoms with Crippen LogP contribution < -0.4 is 0 Å². The van der Waals surface area contributed by atoms with E-state index in [1.54, 1.807) is 10.9 Å². The molecule has 1 fully saturated rings. The van der Waals surface area contributed by atoms with Crippen LogP contribution in [0.4, 0.5) is 0 Å². The molecule has 0 aromatic carbocycles. The summed E-state index contributed by atoms with van der Waals surface area (Å²) in [5, 5.41) is 18.8. The van der Waals surface area contributed by atoms with Crippen LogP contribution in [0, 0.1) is 0 Å². The van der Waals surface area contributed by atoms with E-state index in [2.05, 4.69) is 14.9 Å². The highest BCUT2D eigenvalue weighted by molar-refractivity contribution is 5.12. The van der Waals surface area contributed by atoms with Crippen LogP contribution in [0.5, 0.6) is 0 Å². The minimum Gasteiger partial charge on any atom is -0.388 e. The van der Waals surface area contributed by atoms with Gasteiger partial charge in [0, 0.05) is 31.4 Å². The number of hydrogen-bond acceptors (Lipinski definition) is 3. The van der Waals surface area contributed by atoms with E-state index in [1.807, 2.05) is 25.5 Å². The lowest BCUT2D eigenvalue weighted by molar-refractivity contribution is 0.176. The van der Waals surface area contributed by atoms with Crippen LogP contribution in [-0.4, -0.2) is 24.7 Å². The minimum absolute atomic E-state index is 0.527. The van der Waals surface area contributed by atoms with Crippen molar-refractivity contribution in [2.45, 2.75) is 44.2 Å². The van der Waals surface area contributed by atoms with Crippen molar-refractivity contribution in [2.75, 3.05) is 0 Å². The molecular weight excluding hydrogens is 240 g/mol. The SMILES string of the molecule is Cn1cc(C(O)Cc2ccn(C3CCCC3)n2)cn1. The first-order valence-corrected chi connectivity index (χ1v) is 6.93. The average Bonchev–Trinajstić information content (AvgIpc) is 3.07. The van der Waals surface area contributed by atoms with Gasteiger partial charge in [-0.1, -0.05) is 12.8 Å². The van der Waals surface area contributed by atoms with Gasteiger partial charge in [0.25, 0.3) is 0 Å². The maximum Gasteiger partial charge on any atom is 0.0876 e. The monoisotopic (exact) mass is 260 g/mol. The highest BCUT2D eigenvalue weighted by atomic mass is 16.3. The highest BCUT2D eigenvalue weighted by Crippen LogP contribution is 2.29. The molecule has 2 aromatic rings. The lowest BCUT2D eigenvalue weighted by Crippen LogP contribution is -2.07. The van der Waals surface area contributed by atoms with E-state index in [4.69, 9.17) is 0 Å². The Morgan fingerprint density at radius 2 is 2.21 bits per heavy atom. The summed E-state index contributed by atoms with van der Waals surface area (Å²) in [7, 11) is 1.85. The molecule has 2 heterocycles. The number of hydrogen-bond donors (Lipinski definition) is 1. The molecule has 19 heavy (non-hydrogen) atoms.